The van der Waals surface area contributed by atoms with Gasteiger partial charge in [-0.2, -0.15) is 0 Å². The summed E-state index contributed by atoms with van der Waals surface area (Å²) in [6, 6.07) is 11.1. The highest BCUT2D eigenvalue weighted by molar-refractivity contribution is 6.01. The predicted octanol–water partition coefficient (Wildman–Crippen LogP) is 7.44. The van der Waals surface area contributed by atoms with E-state index in [4.69, 9.17) is 5.41 Å². The number of para-hydroxylation sites is 1. The molecule has 0 fully saturated rings. The Morgan fingerprint density at radius 2 is 1.62 bits per heavy atom. The Labute approximate surface area is 191 Å². The Kier molecular flexibility index (Phi) is 8.71. The van der Waals surface area contributed by atoms with Gasteiger partial charge in [-0.05, 0) is 49.8 Å². The molecular formula is C27H36F2N2O. The number of ketones is 1. The van der Waals surface area contributed by atoms with Crippen molar-refractivity contribution >= 4 is 17.2 Å². The summed E-state index contributed by atoms with van der Waals surface area (Å²) in [6.07, 6.45) is 1.73. The summed E-state index contributed by atoms with van der Waals surface area (Å²) in [6.45, 7) is 11.7. The molecule has 0 aliphatic rings. The second-order valence-electron chi connectivity index (χ2n) is 9.27. The van der Waals surface area contributed by atoms with Crippen molar-refractivity contribution in [1.82, 2.24) is 0 Å². The maximum Gasteiger partial charge on any atom is 0.168 e. The first-order valence-electron chi connectivity index (χ1n) is 11.4. The number of rotatable bonds is 11. The van der Waals surface area contributed by atoms with Gasteiger partial charge in [0.05, 0.1) is 0 Å². The number of carbonyl (C=O) groups excluding carboxylic acids is 1. The third kappa shape index (κ3) is 5.62. The van der Waals surface area contributed by atoms with Crippen LogP contribution >= 0.6 is 0 Å². The predicted molar refractivity (Wildman–Crippen MR) is 129 cm³/mol. The van der Waals surface area contributed by atoms with E-state index in [0.717, 1.165) is 5.56 Å². The number of carbonyl (C=O) groups is 1. The molecule has 32 heavy (non-hydrogen) atoms. The van der Waals surface area contributed by atoms with Gasteiger partial charge < -0.3 is 10.7 Å². The number of hydrogen-bond donors (Lipinski definition) is 2. The highest BCUT2D eigenvalue weighted by Crippen LogP contribution is 2.36. The molecule has 0 amide bonds. The molecule has 0 aliphatic heterocycles. The van der Waals surface area contributed by atoms with Gasteiger partial charge in [0.2, 0.25) is 0 Å². The zero-order valence-corrected chi connectivity index (χ0v) is 20.1. The molecule has 2 aromatic carbocycles. The molecule has 0 bridgehead atoms. The average Bonchev–Trinajstić information content (AvgIpc) is 2.75. The van der Waals surface area contributed by atoms with Crippen LogP contribution < -0.4 is 5.32 Å². The molecule has 0 saturated carbocycles. The van der Waals surface area contributed by atoms with Gasteiger partial charge in [0.15, 0.2) is 5.78 Å². The van der Waals surface area contributed by atoms with E-state index in [1.807, 2.05) is 65.8 Å². The number of halogens is 2. The van der Waals surface area contributed by atoms with Crippen LogP contribution in [-0.2, 0) is 0 Å². The van der Waals surface area contributed by atoms with E-state index in [1.165, 1.54) is 18.2 Å². The lowest BCUT2D eigenvalue weighted by molar-refractivity contribution is 0.0761. The van der Waals surface area contributed by atoms with E-state index >= 15 is 0 Å². The van der Waals surface area contributed by atoms with Crippen molar-refractivity contribution in [2.75, 3.05) is 5.32 Å². The number of aryl methyl sites for hydroxylation is 1. The van der Waals surface area contributed by atoms with Crippen LogP contribution in [0.25, 0.3) is 0 Å². The third-order valence-electron chi connectivity index (χ3n) is 6.84. The molecule has 174 valence electrons. The van der Waals surface area contributed by atoms with E-state index in [0.29, 0.717) is 30.5 Å². The Bertz CT molecular complexity index is 934. The summed E-state index contributed by atoms with van der Waals surface area (Å²) in [5.74, 6) is -1.46. The van der Waals surface area contributed by atoms with Crippen molar-refractivity contribution in [3.05, 3.63) is 65.2 Å². The maximum atomic E-state index is 14.2. The normalized spacial score (nSPS) is 14.5. The minimum atomic E-state index is -0.649. The fourth-order valence-electron chi connectivity index (χ4n) is 4.22. The maximum absolute atomic E-state index is 14.2. The zero-order chi connectivity index (χ0) is 24.1. The summed E-state index contributed by atoms with van der Waals surface area (Å²) >= 11 is 0. The van der Waals surface area contributed by atoms with E-state index in [9.17, 15) is 13.6 Å². The largest absolute Gasteiger partial charge is 0.377 e. The molecule has 3 unspecified atom stereocenters. The van der Waals surface area contributed by atoms with E-state index < -0.39 is 17.0 Å². The molecule has 0 heterocycles. The van der Waals surface area contributed by atoms with Crippen LogP contribution in [0.4, 0.5) is 14.5 Å². The van der Waals surface area contributed by atoms with Crippen LogP contribution in [0.2, 0.25) is 0 Å². The second kappa shape index (κ2) is 10.8. The van der Waals surface area contributed by atoms with Crippen LogP contribution in [0, 0.1) is 41.2 Å². The second-order valence-corrected chi connectivity index (χ2v) is 9.27. The van der Waals surface area contributed by atoms with Crippen molar-refractivity contribution in [3.63, 3.8) is 0 Å². The molecular weight excluding hydrogens is 406 g/mol. The summed E-state index contributed by atoms with van der Waals surface area (Å²) in [4.78, 5) is 13.3. The number of hydrogen-bond acceptors (Lipinski definition) is 3. The monoisotopic (exact) mass is 442 g/mol. The van der Waals surface area contributed by atoms with Gasteiger partial charge in [0.1, 0.15) is 17.3 Å². The molecule has 0 saturated heterocycles. The van der Waals surface area contributed by atoms with Crippen LogP contribution in [0.1, 0.15) is 69.8 Å². The molecule has 5 heteroatoms. The van der Waals surface area contributed by atoms with Crippen molar-refractivity contribution in [2.45, 2.75) is 66.8 Å². The van der Waals surface area contributed by atoms with Crippen LogP contribution in [-0.4, -0.2) is 17.5 Å². The third-order valence-corrected chi connectivity index (χ3v) is 6.84. The zero-order valence-electron chi connectivity index (χ0n) is 20.1. The first-order chi connectivity index (χ1) is 15.0. The van der Waals surface area contributed by atoms with Gasteiger partial charge in [-0.3, -0.25) is 4.79 Å². The van der Waals surface area contributed by atoms with Crippen molar-refractivity contribution < 1.29 is 13.6 Å². The fraction of sp³-hybridized carbons (Fsp3) is 0.481. The number of benzene rings is 2. The lowest BCUT2D eigenvalue weighted by Crippen LogP contribution is -2.38. The number of Topliss-reactive ketones (excluding diaryl/α,β-unsaturated/α-hetero) is 1. The van der Waals surface area contributed by atoms with Gasteiger partial charge in [-0.25, -0.2) is 8.78 Å². The van der Waals surface area contributed by atoms with Gasteiger partial charge in [0.25, 0.3) is 0 Å². The first kappa shape index (κ1) is 25.7. The number of anilines is 1. The molecule has 2 N–H and O–H groups in total. The topological polar surface area (TPSA) is 53.0 Å². The van der Waals surface area contributed by atoms with Crippen molar-refractivity contribution in [3.8, 4) is 0 Å². The molecule has 3 atom stereocenters. The standard InChI is InChI=1S/C27H36F2N2O/c1-7-19(24(8-2)31-25-21(28)14-11-15-22(25)29)23(30)16-18(4)27(5,6)26(32)20-13-10-9-12-17(20)3/h9-15,18-19,24,30-31H,7-8,16H2,1-6H3. The molecule has 0 radical (unpaired) electrons. The lowest BCUT2D eigenvalue weighted by Gasteiger charge is -2.34. The van der Waals surface area contributed by atoms with Gasteiger partial charge in [-0.1, -0.05) is 65.0 Å². The van der Waals surface area contributed by atoms with Crippen LogP contribution in [0.3, 0.4) is 0 Å². The SMILES string of the molecule is CCC(Nc1c(F)cccc1F)C(CC)C(=N)CC(C)C(C)(C)C(=O)c1ccccc1C. The molecule has 0 aliphatic carbocycles. The highest BCUT2D eigenvalue weighted by atomic mass is 19.1. The van der Waals surface area contributed by atoms with Gasteiger partial charge in [-0.15, -0.1) is 0 Å². The molecule has 2 aromatic rings. The van der Waals surface area contributed by atoms with Crippen molar-refractivity contribution in [2.24, 2.45) is 17.3 Å². The quantitative estimate of drug-likeness (QED) is 0.280. The van der Waals surface area contributed by atoms with Crippen LogP contribution in [0.5, 0.6) is 0 Å². The Morgan fingerprint density at radius 3 is 2.16 bits per heavy atom. The summed E-state index contributed by atoms with van der Waals surface area (Å²) < 4.78 is 28.3. The summed E-state index contributed by atoms with van der Waals surface area (Å²) in [5.41, 5.74) is 1.37. The Hall–Kier alpha value is -2.56. The molecule has 3 nitrogen and oxygen atoms in total. The highest BCUT2D eigenvalue weighted by Gasteiger charge is 2.37. The Morgan fingerprint density at radius 1 is 1.03 bits per heavy atom. The van der Waals surface area contributed by atoms with Crippen molar-refractivity contribution in [1.29, 1.82) is 5.41 Å². The van der Waals surface area contributed by atoms with E-state index in [-0.39, 0.29) is 29.3 Å². The van der Waals surface area contributed by atoms with E-state index in [2.05, 4.69) is 5.32 Å². The minimum absolute atomic E-state index is 0.0705. The smallest absolute Gasteiger partial charge is 0.168 e. The summed E-state index contributed by atoms with van der Waals surface area (Å²) in [5, 5.41) is 11.8. The van der Waals surface area contributed by atoms with Crippen LogP contribution in [0.15, 0.2) is 42.5 Å². The summed E-state index contributed by atoms with van der Waals surface area (Å²) in [7, 11) is 0. The average molecular weight is 443 g/mol. The lowest BCUT2D eigenvalue weighted by atomic mass is 9.70. The first-order valence-corrected chi connectivity index (χ1v) is 11.4. The minimum Gasteiger partial charge on any atom is -0.377 e. The molecule has 0 aromatic heterocycles. The Balaban J connectivity index is 2.18. The van der Waals surface area contributed by atoms with Gasteiger partial charge in [0, 0.05) is 28.6 Å². The van der Waals surface area contributed by atoms with E-state index in [1.54, 1.807) is 0 Å². The fourth-order valence-corrected chi connectivity index (χ4v) is 4.22. The molecule has 2 rings (SSSR count). The van der Waals surface area contributed by atoms with Gasteiger partial charge >= 0.3 is 0 Å². The number of nitrogens with one attached hydrogen (secondary N) is 2. The molecule has 0 spiro atoms.